The first-order valence-electron chi connectivity index (χ1n) is 4.48. The third-order valence-corrected chi connectivity index (χ3v) is 1.87. The first-order chi connectivity index (χ1) is 7.41. The van der Waals surface area contributed by atoms with Gasteiger partial charge in [0.15, 0.2) is 5.78 Å². The number of carbonyl (C=O) groups is 3. The number of carbonyl (C=O) groups excluding carboxylic acids is 2. The minimum atomic E-state index is -1.25. The van der Waals surface area contributed by atoms with Crippen LogP contribution in [-0.2, 0) is 4.79 Å². The lowest BCUT2D eigenvalue weighted by atomic mass is 10.1. The monoisotopic (exact) mass is 222 g/mol. The molecule has 5 nitrogen and oxygen atoms in total. The summed E-state index contributed by atoms with van der Waals surface area (Å²) in [5, 5.41) is 8.88. The molecule has 1 N–H and O–H groups in total. The molecule has 0 spiro atoms. The molecule has 0 aliphatic carbocycles. The first-order valence-corrected chi connectivity index (χ1v) is 4.48. The molecular formula is C11H10O5. The van der Waals surface area contributed by atoms with E-state index in [9.17, 15) is 14.4 Å². The second kappa shape index (κ2) is 4.57. The predicted octanol–water partition coefficient (Wildman–Crippen LogP) is 1.51. The van der Waals surface area contributed by atoms with Crippen LogP contribution in [0.15, 0.2) is 18.2 Å². The molecule has 1 aromatic rings. The maximum absolute atomic E-state index is 11.1. The molecule has 0 saturated heterocycles. The van der Waals surface area contributed by atoms with Gasteiger partial charge < -0.3 is 9.84 Å². The molecule has 5 heteroatoms. The normalized spacial score (nSPS) is 9.62. The number of carboxylic acid groups (broad SMARTS) is 1. The maximum atomic E-state index is 11.1. The fourth-order valence-corrected chi connectivity index (χ4v) is 1.16. The van der Waals surface area contributed by atoms with E-state index in [1.54, 1.807) is 0 Å². The van der Waals surface area contributed by atoms with Gasteiger partial charge in [-0.15, -0.1) is 0 Å². The Morgan fingerprint density at radius 2 is 1.81 bits per heavy atom. The highest BCUT2D eigenvalue weighted by Crippen LogP contribution is 2.20. The van der Waals surface area contributed by atoms with Gasteiger partial charge in [-0.25, -0.2) is 4.79 Å². The number of ether oxygens (including phenoxy) is 1. The summed E-state index contributed by atoms with van der Waals surface area (Å²) in [7, 11) is 0. The molecule has 0 atom stereocenters. The van der Waals surface area contributed by atoms with Crippen molar-refractivity contribution in [2.75, 3.05) is 0 Å². The molecule has 0 aliphatic rings. The number of rotatable bonds is 3. The van der Waals surface area contributed by atoms with E-state index in [-0.39, 0.29) is 22.7 Å². The molecule has 0 fully saturated rings. The molecule has 84 valence electrons. The quantitative estimate of drug-likeness (QED) is 0.476. The number of esters is 1. The van der Waals surface area contributed by atoms with Crippen molar-refractivity contribution in [2.45, 2.75) is 13.8 Å². The summed E-state index contributed by atoms with van der Waals surface area (Å²) in [4.78, 5) is 32.7. The SMILES string of the molecule is CC(=O)Oc1ccc(C(C)=O)cc1C(=O)O. The van der Waals surface area contributed by atoms with Crippen LogP contribution in [0.2, 0.25) is 0 Å². The zero-order valence-electron chi connectivity index (χ0n) is 8.81. The van der Waals surface area contributed by atoms with Crippen molar-refractivity contribution in [3.8, 4) is 5.75 Å². The highest BCUT2D eigenvalue weighted by molar-refractivity contribution is 5.99. The van der Waals surface area contributed by atoms with Crippen LogP contribution in [0.5, 0.6) is 5.75 Å². The highest BCUT2D eigenvalue weighted by atomic mass is 16.5. The van der Waals surface area contributed by atoms with Crippen LogP contribution in [0.1, 0.15) is 34.6 Å². The largest absolute Gasteiger partial charge is 0.478 e. The standard InChI is InChI=1S/C11H10O5/c1-6(12)8-3-4-10(16-7(2)13)9(5-8)11(14)15/h3-5H,1-2H3,(H,14,15). The Balaban J connectivity index is 3.24. The minimum Gasteiger partial charge on any atom is -0.478 e. The topological polar surface area (TPSA) is 80.7 Å². The molecule has 16 heavy (non-hydrogen) atoms. The Morgan fingerprint density at radius 3 is 2.25 bits per heavy atom. The third-order valence-electron chi connectivity index (χ3n) is 1.87. The van der Waals surface area contributed by atoms with Crippen molar-refractivity contribution in [1.82, 2.24) is 0 Å². The van der Waals surface area contributed by atoms with Crippen molar-refractivity contribution in [2.24, 2.45) is 0 Å². The van der Waals surface area contributed by atoms with Crippen LogP contribution in [-0.4, -0.2) is 22.8 Å². The van der Waals surface area contributed by atoms with Gasteiger partial charge in [0.2, 0.25) is 0 Å². The molecule has 0 bridgehead atoms. The zero-order chi connectivity index (χ0) is 12.3. The smallest absolute Gasteiger partial charge is 0.339 e. The molecule has 0 unspecified atom stereocenters. The Labute approximate surface area is 91.6 Å². The lowest BCUT2D eigenvalue weighted by molar-refractivity contribution is -0.131. The summed E-state index contributed by atoms with van der Waals surface area (Å²) < 4.78 is 4.71. The maximum Gasteiger partial charge on any atom is 0.339 e. The number of carboxylic acids is 1. The number of aromatic carboxylic acids is 1. The summed E-state index contributed by atoms with van der Waals surface area (Å²) in [6.07, 6.45) is 0. The van der Waals surface area contributed by atoms with Crippen LogP contribution in [0.25, 0.3) is 0 Å². The van der Waals surface area contributed by atoms with Gasteiger partial charge in [0, 0.05) is 12.5 Å². The van der Waals surface area contributed by atoms with Crippen LogP contribution in [0, 0.1) is 0 Å². The van der Waals surface area contributed by atoms with Gasteiger partial charge in [-0.05, 0) is 25.1 Å². The summed E-state index contributed by atoms with van der Waals surface area (Å²) in [5.41, 5.74) is 0.0520. The van der Waals surface area contributed by atoms with Gasteiger partial charge in [-0.1, -0.05) is 0 Å². The van der Waals surface area contributed by atoms with Crippen LogP contribution in [0.4, 0.5) is 0 Å². The lowest BCUT2D eigenvalue weighted by Crippen LogP contribution is -2.08. The Hall–Kier alpha value is -2.17. The van der Waals surface area contributed by atoms with Gasteiger partial charge in [-0.2, -0.15) is 0 Å². The minimum absolute atomic E-state index is 0.0648. The Kier molecular flexibility index (Phi) is 3.40. The third kappa shape index (κ3) is 2.66. The van der Waals surface area contributed by atoms with E-state index in [1.165, 1.54) is 32.0 Å². The van der Waals surface area contributed by atoms with Crippen molar-refractivity contribution < 1.29 is 24.2 Å². The van der Waals surface area contributed by atoms with E-state index in [0.717, 1.165) is 0 Å². The van der Waals surface area contributed by atoms with Crippen molar-refractivity contribution in [1.29, 1.82) is 0 Å². The van der Waals surface area contributed by atoms with Gasteiger partial charge >= 0.3 is 11.9 Å². The molecule has 0 heterocycles. The fourth-order valence-electron chi connectivity index (χ4n) is 1.16. The molecule has 0 aliphatic heterocycles. The van der Waals surface area contributed by atoms with Gasteiger partial charge in [0.1, 0.15) is 11.3 Å². The van der Waals surface area contributed by atoms with Crippen molar-refractivity contribution >= 4 is 17.7 Å². The molecule has 0 aromatic heterocycles. The zero-order valence-corrected chi connectivity index (χ0v) is 8.81. The second-order valence-electron chi connectivity index (χ2n) is 3.17. The molecule has 1 rings (SSSR count). The van der Waals surface area contributed by atoms with E-state index in [4.69, 9.17) is 9.84 Å². The van der Waals surface area contributed by atoms with Gasteiger partial charge in [0.25, 0.3) is 0 Å². The van der Waals surface area contributed by atoms with Crippen LogP contribution < -0.4 is 4.74 Å². The van der Waals surface area contributed by atoms with E-state index in [1.807, 2.05) is 0 Å². The van der Waals surface area contributed by atoms with Crippen LogP contribution in [0.3, 0.4) is 0 Å². The first kappa shape index (κ1) is 11.9. The molecule has 0 saturated carbocycles. The second-order valence-corrected chi connectivity index (χ2v) is 3.17. The summed E-state index contributed by atoms with van der Waals surface area (Å²) in [5.74, 6) is -2.18. The summed E-state index contributed by atoms with van der Waals surface area (Å²) in [6.45, 7) is 2.50. The van der Waals surface area contributed by atoms with Crippen molar-refractivity contribution in [3.05, 3.63) is 29.3 Å². The average molecular weight is 222 g/mol. The van der Waals surface area contributed by atoms with Crippen LogP contribution >= 0.6 is 0 Å². The van der Waals surface area contributed by atoms with Crippen molar-refractivity contribution in [3.63, 3.8) is 0 Å². The fraction of sp³-hybridized carbons (Fsp3) is 0.182. The molecule has 1 aromatic carbocycles. The van der Waals surface area contributed by atoms with Gasteiger partial charge in [0.05, 0.1) is 0 Å². The molecular weight excluding hydrogens is 212 g/mol. The number of benzene rings is 1. The average Bonchev–Trinajstić information content (AvgIpc) is 2.16. The number of hydrogen-bond acceptors (Lipinski definition) is 4. The number of ketones is 1. The van der Waals surface area contributed by atoms with E-state index >= 15 is 0 Å². The van der Waals surface area contributed by atoms with E-state index in [2.05, 4.69) is 0 Å². The number of Topliss-reactive ketones (excluding diaryl/α,β-unsaturated/α-hetero) is 1. The van der Waals surface area contributed by atoms with E-state index in [0.29, 0.717) is 0 Å². The van der Waals surface area contributed by atoms with Gasteiger partial charge in [-0.3, -0.25) is 9.59 Å². The van der Waals surface area contributed by atoms with E-state index < -0.39 is 11.9 Å². The molecule has 0 amide bonds. The predicted molar refractivity (Wildman–Crippen MR) is 54.7 cm³/mol. The highest BCUT2D eigenvalue weighted by Gasteiger charge is 2.15. The Morgan fingerprint density at radius 1 is 1.19 bits per heavy atom. The Bertz CT molecular complexity index is 461. The lowest BCUT2D eigenvalue weighted by Gasteiger charge is -2.06. The summed E-state index contributed by atoms with van der Waals surface area (Å²) >= 11 is 0. The summed E-state index contributed by atoms with van der Waals surface area (Å²) in [6, 6.07) is 3.89. The number of hydrogen-bond donors (Lipinski definition) is 1. The molecule has 0 radical (unpaired) electrons.